The number of alkyl halides is 1. The van der Waals surface area contributed by atoms with Crippen molar-refractivity contribution in [3.8, 4) is 5.75 Å². The summed E-state index contributed by atoms with van der Waals surface area (Å²) in [5.74, 6) is 1.13. The van der Waals surface area contributed by atoms with Crippen LogP contribution in [0, 0.1) is 13.8 Å². The Balaban J connectivity index is 3.24. The molecule has 0 aromatic heterocycles. The smallest absolute Gasteiger partial charge is 0.166 e. The van der Waals surface area contributed by atoms with Gasteiger partial charge in [0.1, 0.15) is 5.75 Å². The van der Waals surface area contributed by atoms with Crippen LogP contribution in [0.4, 0.5) is 0 Å². The van der Waals surface area contributed by atoms with E-state index in [4.69, 9.17) is 27.9 Å². The Morgan fingerprint density at radius 3 is 2.59 bits per heavy atom. The van der Waals surface area contributed by atoms with Gasteiger partial charge in [-0.2, -0.15) is 0 Å². The number of halogens is 2. The van der Waals surface area contributed by atoms with Gasteiger partial charge < -0.3 is 4.74 Å². The number of carbonyl (C=O) groups excluding carboxylic acids is 1. The molecule has 0 unspecified atom stereocenters. The lowest BCUT2D eigenvalue weighted by Gasteiger charge is -2.14. The molecule has 0 saturated carbocycles. The van der Waals surface area contributed by atoms with Crippen LogP contribution < -0.4 is 4.74 Å². The predicted molar refractivity (Wildman–Crippen MR) is 71.8 cm³/mol. The summed E-state index contributed by atoms with van der Waals surface area (Å²) >= 11 is 11.7. The van der Waals surface area contributed by atoms with E-state index in [1.807, 2.05) is 19.9 Å². The molecule has 0 aliphatic carbocycles. The molecule has 94 valence electrons. The van der Waals surface area contributed by atoms with Crippen molar-refractivity contribution in [2.75, 3.05) is 13.0 Å². The summed E-state index contributed by atoms with van der Waals surface area (Å²) in [4.78, 5) is 12.1. The predicted octanol–water partition coefficient (Wildman–Crippen LogP) is 4.17. The Bertz CT molecular complexity index is 428. The summed E-state index contributed by atoms with van der Waals surface area (Å²) in [5.41, 5.74) is 2.23. The molecule has 0 aliphatic rings. The van der Waals surface area contributed by atoms with E-state index < -0.39 is 0 Å². The van der Waals surface area contributed by atoms with Crippen LogP contribution in [0.1, 0.15) is 34.3 Å². The van der Waals surface area contributed by atoms with Crippen molar-refractivity contribution in [1.29, 1.82) is 0 Å². The normalized spacial score (nSPS) is 10.4. The first-order valence-corrected chi connectivity index (χ1v) is 6.37. The van der Waals surface area contributed by atoms with Crippen LogP contribution in [-0.2, 0) is 0 Å². The summed E-state index contributed by atoms with van der Waals surface area (Å²) in [7, 11) is 1.56. The maximum atomic E-state index is 12.1. The Morgan fingerprint density at radius 2 is 2.06 bits per heavy atom. The second-order valence-electron chi connectivity index (χ2n) is 3.92. The molecule has 0 fully saturated rings. The van der Waals surface area contributed by atoms with Crippen LogP contribution in [0.25, 0.3) is 0 Å². The summed E-state index contributed by atoms with van der Waals surface area (Å²) in [6.07, 6.45) is 1.08. The van der Waals surface area contributed by atoms with Gasteiger partial charge in [0.15, 0.2) is 5.78 Å². The van der Waals surface area contributed by atoms with Gasteiger partial charge in [-0.1, -0.05) is 11.6 Å². The van der Waals surface area contributed by atoms with Crippen molar-refractivity contribution in [2.45, 2.75) is 26.7 Å². The third-order valence-corrected chi connectivity index (χ3v) is 3.34. The zero-order valence-corrected chi connectivity index (χ0v) is 11.8. The summed E-state index contributed by atoms with van der Waals surface area (Å²) < 4.78 is 5.30. The van der Waals surface area contributed by atoms with E-state index in [1.165, 1.54) is 0 Å². The molecule has 1 aromatic carbocycles. The lowest BCUT2D eigenvalue weighted by molar-refractivity contribution is 0.0978. The molecule has 0 heterocycles. The van der Waals surface area contributed by atoms with Gasteiger partial charge in [0.25, 0.3) is 0 Å². The average Bonchev–Trinajstić information content (AvgIpc) is 2.30. The fraction of sp³-hybridized carbons (Fsp3) is 0.462. The first-order chi connectivity index (χ1) is 8.02. The lowest BCUT2D eigenvalue weighted by Crippen LogP contribution is -2.07. The van der Waals surface area contributed by atoms with Gasteiger partial charge in [0.2, 0.25) is 0 Å². The molecule has 0 amide bonds. The first-order valence-electron chi connectivity index (χ1n) is 5.45. The fourth-order valence-electron chi connectivity index (χ4n) is 1.80. The van der Waals surface area contributed by atoms with Gasteiger partial charge in [-0.25, -0.2) is 0 Å². The van der Waals surface area contributed by atoms with Crippen LogP contribution in [-0.4, -0.2) is 18.8 Å². The number of hydrogen-bond acceptors (Lipinski definition) is 2. The molecule has 0 aliphatic heterocycles. The van der Waals surface area contributed by atoms with Crippen molar-refractivity contribution in [2.24, 2.45) is 0 Å². The number of aryl methyl sites for hydroxylation is 1. The first kappa shape index (κ1) is 14.3. The zero-order chi connectivity index (χ0) is 13.0. The molecule has 1 aromatic rings. The van der Waals surface area contributed by atoms with Gasteiger partial charge in [-0.3, -0.25) is 4.79 Å². The minimum atomic E-state index is 0.0330. The van der Waals surface area contributed by atoms with Crippen molar-refractivity contribution in [3.05, 3.63) is 27.8 Å². The average molecular weight is 275 g/mol. The molecule has 0 N–H and O–H groups in total. The van der Waals surface area contributed by atoms with Gasteiger partial charge in [0, 0.05) is 17.3 Å². The highest BCUT2D eigenvalue weighted by molar-refractivity contribution is 6.32. The van der Waals surface area contributed by atoms with Gasteiger partial charge in [-0.05, 0) is 37.5 Å². The SMILES string of the molecule is COc1c(C)cc(Cl)c(C)c1C(=O)CCCCl. The number of rotatable bonds is 5. The number of Topliss-reactive ketones (excluding diaryl/α,β-unsaturated/α-hetero) is 1. The zero-order valence-electron chi connectivity index (χ0n) is 10.3. The summed E-state index contributed by atoms with van der Waals surface area (Å²) in [6, 6.07) is 1.81. The maximum absolute atomic E-state index is 12.1. The Labute approximate surface area is 112 Å². The molecule has 0 radical (unpaired) electrons. The van der Waals surface area contributed by atoms with E-state index in [0.29, 0.717) is 35.1 Å². The molecule has 0 atom stereocenters. The highest BCUT2D eigenvalue weighted by Gasteiger charge is 2.19. The van der Waals surface area contributed by atoms with Crippen LogP contribution in [0.5, 0.6) is 5.75 Å². The van der Waals surface area contributed by atoms with E-state index in [2.05, 4.69) is 0 Å². The van der Waals surface area contributed by atoms with Gasteiger partial charge in [-0.15, -0.1) is 11.6 Å². The quantitative estimate of drug-likeness (QED) is 0.595. The molecule has 0 bridgehead atoms. The van der Waals surface area contributed by atoms with Crippen molar-refractivity contribution in [3.63, 3.8) is 0 Å². The van der Waals surface area contributed by atoms with Crippen molar-refractivity contribution < 1.29 is 9.53 Å². The van der Waals surface area contributed by atoms with E-state index in [9.17, 15) is 4.79 Å². The second kappa shape index (κ2) is 6.27. The number of ketones is 1. The van der Waals surface area contributed by atoms with Gasteiger partial charge >= 0.3 is 0 Å². The highest BCUT2D eigenvalue weighted by Crippen LogP contribution is 2.33. The molecule has 4 heteroatoms. The van der Waals surface area contributed by atoms with E-state index >= 15 is 0 Å². The Hall–Kier alpha value is -0.730. The minimum Gasteiger partial charge on any atom is -0.496 e. The number of hydrogen-bond donors (Lipinski definition) is 0. The van der Waals surface area contributed by atoms with Gasteiger partial charge in [0.05, 0.1) is 12.7 Å². The third-order valence-electron chi connectivity index (χ3n) is 2.68. The van der Waals surface area contributed by atoms with E-state index in [-0.39, 0.29) is 5.78 Å². The molecule has 1 rings (SSSR count). The number of ether oxygens (including phenoxy) is 1. The van der Waals surface area contributed by atoms with Crippen LogP contribution >= 0.6 is 23.2 Å². The molecule has 17 heavy (non-hydrogen) atoms. The number of methoxy groups -OCH3 is 1. The highest BCUT2D eigenvalue weighted by atomic mass is 35.5. The van der Waals surface area contributed by atoms with E-state index in [0.717, 1.165) is 11.1 Å². The Morgan fingerprint density at radius 1 is 1.41 bits per heavy atom. The molecule has 2 nitrogen and oxygen atoms in total. The number of benzene rings is 1. The lowest BCUT2D eigenvalue weighted by atomic mass is 9.97. The standard InChI is InChI=1S/C13H16Cl2O2/c1-8-7-10(15)9(2)12(13(8)17-3)11(16)5-4-6-14/h7H,4-6H2,1-3H3. The number of carbonyl (C=O) groups is 1. The van der Waals surface area contributed by atoms with Crippen LogP contribution in [0.2, 0.25) is 5.02 Å². The van der Waals surface area contributed by atoms with Crippen LogP contribution in [0.15, 0.2) is 6.07 Å². The molecular formula is C13H16Cl2O2. The van der Waals surface area contributed by atoms with Crippen LogP contribution in [0.3, 0.4) is 0 Å². The fourth-order valence-corrected chi connectivity index (χ4v) is 2.19. The second-order valence-corrected chi connectivity index (χ2v) is 4.71. The minimum absolute atomic E-state index is 0.0330. The summed E-state index contributed by atoms with van der Waals surface area (Å²) in [5, 5.41) is 0.595. The van der Waals surface area contributed by atoms with Crippen molar-refractivity contribution >= 4 is 29.0 Å². The molecule has 0 spiro atoms. The topological polar surface area (TPSA) is 26.3 Å². The molecular weight excluding hydrogens is 259 g/mol. The maximum Gasteiger partial charge on any atom is 0.166 e. The van der Waals surface area contributed by atoms with Crippen molar-refractivity contribution in [1.82, 2.24) is 0 Å². The van der Waals surface area contributed by atoms with E-state index in [1.54, 1.807) is 7.11 Å². The molecule has 0 saturated heterocycles. The largest absolute Gasteiger partial charge is 0.496 e. The monoisotopic (exact) mass is 274 g/mol. The Kier molecular flexibility index (Phi) is 5.29. The summed E-state index contributed by atoms with van der Waals surface area (Å²) in [6.45, 7) is 3.71. The third kappa shape index (κ3) is 3.14.